The van der Waals surface area contributed by atoms with E-state index in [2.05, 4.69) is 22.2 Å². The molecule has 0 aliphatic heterocycles. The largest absolute Gasteiger partial charge is 0.398 e. The summed E-state index contributed by atoms with van der Waals surface area (Å²) in [6.45, 7) is 4.39. The van der Waals surface area contributed by atoms with Crippen molar-refractivity contribution in [2.45, 2.75) is 38.4 Å². The van der Waals surface area contributed by atoms with E-state index >= 15 is 0 Å². The number of rotatable bonds is 5. The van der Waals surface area contributed by atoms with Crippen molar-refractivity contribution in [2.24, 2.45) is 5.92 Å². The lowest BCUT2D eigenvalue weighted by Gasteiger charge is -2.23. The Balaban J connectivity index is 1.97. The fraction of sp³-hybridized carbons (Fsp3) is 0.412. The van der Waals surface area contributed by atoms with Gasteiger partial charge in [-0.05, 0) is 38.0 Å². The summed E-state index contributed by atoms with van der Waals surface area (Å²) in [7, 11) is 0. The summed E-state index contributed by atoms with van der Waals surface area (Å²) in [5.74, 6) is -3.26. The fourth-order valence-electron chi connectivity index (χ4n) is 2.71. The van der Waals surface area contributed by atoms with Gasteiger partial charge in [0.2, 0.25) is 0 Å². The molecule has 10 heteroatoms. The van der Waals surface area contributed by atoms with E-state index in [4.69, 9.17) is 5.73 Å². The van der Waals surface area contributed by atoms with E-state index in [-0.39, 0.29) is 11.7 Å². The van der Waals surface area contributed by atoms with E-state index < -0.39 is 24.0 Å². The van der Waals surface area contributed by atoms with Crippen molar-refractivity contribution in [3.8, 4) is 0 Å². The molecule has 1 aromatic heterocycles. The van der Waals surface area contributed by atoms with E-state index in [0.29, 0.717) is 36.5 Å². The van der Waals surface area contributed by atoms with Crippen LogP contribution in [0, 0.1) is 5.92 Å². The topological polar surface area (TPSA) is 80.0 Å². The van der Waals surface area contributed by atoms with Crippen molar-refractivity contribution in [1.82, 2.24) is 15.6 Å². The zero-order valence-electron chi connectivity index (χ0n) is 14.6. The average molecular weight is 404 g/mol. The number of urea groups is 1. The molecular weight excluding hydrogens is 384 g/mol. The third-order valence-electron chi connectivity index (χ3n) is 3.94. The SMILES string of the molecule is C=CC(F)=CC(/C=C(\C)NC(=O)NC1CCc2nc(N)sc2C1)C(F)(F)F. The molecule has 1 heterocycles. The number of halogens is 4. The van der Waals surface area contributed by atoms with E-state index in [1.54, 1.807) is 0 Å². The Labute approximate surface area is 158 Å². The van der Waals surface area contributed by atoms with Gasteiger partial charge in [-0.15, -0.1) is 11.3 Å². The van der Waals surface area contributed by atoms with Crippen LogP contribution in [-0.4, -0.2) is 23.2 Å². The molecule has 0 saturated heterocycles. The van der Waals surface area contributed by atoms with Crippen molar-refractivity contribution >= 4 is 22.5 Å². The molecule has 0 radical (unpaired) electrons. The molecule has 1 aromatic rings. The van der Waals surface area contributed by atoms with Gasteiger partial charge < -0.3 is 16.4 Å². The van der Waals surface area contributed by atoms with Gasteiger partial charge in [-0.1, -0.05) is 6.58 Å². The number of nitrogen functional groups attached to an aromatic ring is 1. The Hall–Kier alpha value is -2.36. The summed E-state index contributed by atoms with van der Waals surface area (Å²) in [6.07, 6.45) is -0.968. The number of aryl methyl sites for hydroxylation is 1. The molecule has 0 aromatic carbocycles. The number of carbonyl (C=O) groups excluding carboxylic acids is 1. The van der Waals surface area contributed by atoms with Gasteiger partial charge in [0.05, 0.1) is 11.6 Å². The van der Waals surface area contributed by atoms with Gasteiger partial charge in [0, 0.05) is 23.0 Å². The van der Waals surface area contributed by atoms with E-state index in [0.717, 1.165) is 16.6 Å². The summed E-state index contributed by atoms with van der Waals surface area (Å²) in [6, 6.07) is -0.787. The Morgan fingerprint density at radius 3 is 2.78 bits per heavy atom. The van der Waals surface area contributed by atoms with E-state index in [1.165, 1.54) is 18.3 Å². The fourth-order valence-corrected chi connectivity index (χ4v) is 3.66. The average Bonchev–Trinajstić information content (AvgIpc) is 2.92. The van der Waals surface area contributed by atoms with Crippen molar-refractivity contribution < 1.29 is 22.4 Å². The third kappa shape index (κ3) is 6.09. The molecule has 0 bridgehead atoms. The second-order valence-corrected chi connectivity index (χ2v) is 7.25. The first-order valence-electron chi connectivity index (χ1n) is 8.15. The minimum atomic E-state index is -4.69. The van der Waals surface area contributed by atoms with Crippen molar-refractivity contribution in [1.29, 1.82) is 0 Å². The Morgan fingerprint density at radius 1 is 1.44 bits per heavy atom. The van der Waals surface area contributed by atoms with Crippen molar-refractivity contribution in [2.75, 3.05) is 5.73 Å². The molecule has 2 unspecified atom stereocenters. The smallest absolute Gasteiger partial charge is 0.375 e. The monoisotopic (exact) mass is 404 g/mol. The molecule has 1 aliphatic carbocycles. The molecule has 0 saturated carbocycles. The molecule has 4 N–H and O–H groups in total. The summed E-state index contributed by atoms with van der Waals surface area (Å²) in [5.41, 5.74) is 6.55. The zero-order chi connectivity index (χ0) is 20.2. The third-order valence-corrected chi connectivity index (χ3v) is 4.89. The lowest BCUT2D eigenvalue weighted by atomic mass is 9.98. The highest BCUT2D eigenvalue weighted by Crippen LogP contribution is 2.30. The number of amides is 2. The lowest BCUT2D eigenvalue weighted by Crippen LogP contribution is -2.43. The number of nitrogens with two attached hydrogens (primary N) is 1. The number of thiazole rings is 1. The summed E-state index contributed by atoms with van der Waals surface area (Å²) in [4.78, 5) is 17.3. The van der Waals surface area contributed by atoms with E-state index in [1.807, 2.05) is 0 Å². The van der Waals surface area contributed by atoms with Gasteiger partial charge in [-0.3, -0.25) is 0 Å². The number of hydrogen-bond acceptors (Lipinski definition) is 4. The van der Waals surface area contributed by atoms with Crippen LogP contribution in [0.15, 0.2) is 36.3 Å². The van der Waals surface area contributed by atoms with Crippen LogP contribution in [0.25, 0.3) is 0 Å². The van der Waals surface area contributed by atoms with Gasteiger partial charge >= 0.3 is 12.2 Å². The van der Waals surface area contributed by atoms with Crippen LogP contribution in [-0.2, 0) is 12.8 Å². The predicted molar refractivity (Wildman–Crippen MR) is 96.7 cm³/mol. The molecule has 2 rings (SSSR count). The second-order valence-electron chi connectivity index (χ2n) is 6.13. The van der Waals surface area contributed by atoms with Gasteiger partial charge in [-0.25, -0.2) is 14.2 Å². The lowest BCUT2D eigenvalue weighted by molar-refractivity contribution is -0.149. The van der Waals surface area contributed by atoms with Crippen LogP contribution in [0.1, 0.15) is 23.9 Å². The summed E-state index contributed by atoms with van der Waals surface area (Å²) < 4.78 is 52.1. The number of alkyl halides is 3. The Kier molecular flexibility index (Phi) is 6.63. The quantitative estimate of drug-likeness (QED) is 0.513. The minimum absolute atomic E-state index is 0.0403. The van der Waals surface area contributed by atoms with Gasteiger partial charge in [0.1, 0.15) is 5.83 Å². The molecule has 148 valence electrons. The van der Waals surface area contributed by atoms with E-state index in [9.17, 15) is 22.4 Å². The first-order chi connectivity index (χ1) is 12.6. The number of fused-ring (bicyclic) bond motifs is 1. The molecular formula is C17H20F4N4OS. The maximum Gasteiger partial charge on any atom is 0.398 e. The first-order valence-corrected chi connectivity index (χ1v) is 8.96. The normalized spacial score (nSPS) is 19.2. The number of nitrogens with zero attached hydrogens (tertiary/aromatic N) is 1. The van der Waals surface area contributed by atoms with Crippen LogP contribution < -0.4 is 16.4 Å². The van der Waals surface area contributed by atoms with Gasteiger partial charge in [0.15, 0.2) is 5.13 Å². The number of anilines is 1. The molecule has 0 fully saturated rings. The van der Waals surface area contributed by atoms with Crippen molar-refractivity contribution in [3.05, 3.63) is 46.9 Å². The molecule has 2 amide bonds. The maximum absolute atomic E-state index is 13.2. The molecule has 5 nitrogen and oxygen atoms in total. The highest BCUT2D eigenvalue weighted by Gasteiger charge is 2.37. The molecule has 27 heavy (non-hydrogen) atoms. The highest BCUT2D eigenvalue weighted by atomic mass is 32.1. The Morgan fingerprint density at radius 2 is 2.15 bits per heavy atom. The zero-order valence-corrected chi connectivity index (χ0v) is 15.4. The molecule has 0 spiro atoms. The number of allylic oxidation sites excluding steroid dienone is 5. The standard InChI is InChI=1S/C17H20F4N4OS/c1-3-11(18)7-10(17(19,20)21)6-9(2)23-16(26)24-12-4-5-13-14(8-12)27-15(22)25-13/h3,6-7,10,12H,1,4-5,8H2,2H3,(H2,22,25)(H2,23,24,26)/b9-6+,11-7?. The number of carbonyl (C=O) groups is 1. The van der Waals surface area contributed by atoms with Crippen molar-refractivity contribution in [3.63, 3.8) is 0 Å². The maximum atomic E-state index is 13.2. The predicted octanol–water partition coefficient (Wildman–Crippen LogP) is 4.00. The van der Waals surface area contributed by atoms with Crippen LogP contribution in [0.3, 0.4) is 0 Å². The highest BCUT2D eigenvalue weighted by molar-refractivity contribution is 7.15. The van der Waals surface area contributed by atoms with Crippen LogP contribution in [0.4, 0.5) is 27.5 Å². The van der Waals surface area contributed by atoms with Gasteiger partial charge in [0.25, 0.3) is 0 Å². The van der Waals surface area contributed by atoms with Crippen LogP contribution >= 0.6 is 11.3 Å². The minimum Gasteiger partial charge on any atom is -0.375 e. The van der Waals surface area contributed by atoms with Crippen LogP contribution in [0.2, 0.25) is 0 Å². The van der Waals surface area contributed by atoms with Gasteiger partial charge in [-0.2, -0.15) is 13.2 Å². The number of hydrogen-bond donors (Lipinski definition) is 3. The molecule has 2 atom stereocenters. The Bertz CT molecular complexity index is 769. The number of nitrogens with one attached hydrogen (secondary N) is 2. The summed E-state index contributed by atoms with van der Waals surface area (Å²) in [5, 5.41) is 5.54. The number of aromatic nitrogens is 1. The molecule has 1 aliphatic rings. The second kappa shape index (κ2) is 8.55. The summed E-state index contributed by atoms with van der Waals surface area (Å²) >= 11 is 1.36. The first kappa shape index (κ1) is 20.9. The van der Waals surface area contributed by atoms with Crippen LogP contribution in [0.5, 0.6) is 0 Å².